The Balaban J connectivity index is 1.20. The van der Waals surface area contributed by atoms with Gasteiger partial charge in [0, 0.05) is 44.0 Å². The Morgan fingerprint density at radius 2 is 0.930 bits per heavy atom. The van der Waals surface area contributed by atoms with Crippen molar-refractivity contribution < 1.29 is 0 Å². The van der Waals surface area contributed by atoms with E-state index < -0.39 is 0 Å². The SMILES string of the molecule is c1ccc(-c2cc(-c3cccc(-c4c5ccccc5cc5c6ccccc6n(-c6nc(-c7ccccc7)c7ccccc7n6)c45)c3)nc(-c3ccccc3)n2)cc1. The summed E-state index contributed by atoms with van der Waals surface area (Å²) < 4.78 is 2.27. The summed E-state index contributed by atoms with van der Waals surface area (Å²) in [5.41, 5.74) is 11.9. The van der Waals surface area contributed by atoms with Crippen molar-refractivity contribution in [3.05, 3.63) is 200 Å². The number of nitrogens with zero attached hydrogens (tertiary/aromatic N) is 5. The normalized spacial score (nSPS) is 11.5. The zero-order chi connectivity index (χ0) is 37.7. The fourth-order valence-electron chi connectivity index (χ4n) is 8.17. The lowest BCUT2D eigenvalue weighted by molar-refractivity contribution is 1.01. The van der Waals surface area contributed by atoms with Gasteiger partial charge in [-0.2, -0.15) is 0 Å². The van der Waals surface area contributed by atoms with Gasteiger partial charge in [-0.1, -0.05) is 170 Å². The maximum atomic E-state index is 5.41. The van der Waals surface area contributed by atoms with E-state index in [-0.39, 0.29) is 0 Å². The third-order valence-electron chi connectivity index (χ3n) is 10.8. The third-order valence-corrected chi connectivity index (χ3v) is 10.8. The first kappa shape index (κ1) is 32.7. The fraction of sp³-hybridized carbons (Fsp3) is 0. The lowest BCUT2D eigenvalue weighted by atomic mass is 9.93. The predicted molar refractivity (Wildman–Crippen MR) is 234 cm³/mol. The summed E-state index contributed by atoms with van der Waals surface area (Å²) in [5.74, 6) is 1.31. The second kappa shape index (κ2) is 13.5. The van der Waals surface area contributed by atoms with Crippen molar-refractivity contribution in [1.82, 2.24) is 24.5 Å². The van der Waals surface area contributed by atoms with Gasteiger partial charge in [0.1, 0.15) is 0 Å². The lowest BCUT2D eigenvalue weighted by Gasteiger charge is -2.16. The van der Waals surface area contributed by atoms with Crippen LogP contribution in [-0.4, -0.2) is 24.5 Å². The maximum Gasteiger partial charge on any atom is 0.235 e. The van der Waals surface area contributed by atoms with Crippen LogP contribution in [0.25, 0.3) is 106 Å². The highest BCUT2D eigenvalue weighted by Gasteiger charge is 2.22. The van der Waals surface area contributed by atoms with Crippen molar-refractivity contribution in [3.8, 4) is 62.2 Å². The highest BCUT2D eigenvalue weighted by atomic mass is 15.2. The summed E-state index contributed by atoms with van der Waals surface area (Å²) in [7, 11) is 0. The molecule has 0 aliphatic heterocycles. The topological polar surface area (TPSA) is 56.5 Å². The Bertz CT molecular complexity index is 3220. The van der Waals surface area contributed by atoms with Crippen molar-refractivity contribution in [2.24, 2.45) is 0 Å². The van der Waals surface area contributed by atoms with E-state index in [0.717, 1.165) is 93.9 Å². The second-order valence-electron chi connectivity index (χ2n) is 14.3. The van der Waals surface area contributed by atoms with Crippen LogP contribution < -0.4 is 0 Å². The molecule has 5 heteroatoms. The highest BCUT2D eigenvalue weighted by molar-refractivity contribution is 6.21. The van der Waals surface area contributed by atoms with Gasteiger partial charge < -0.3 is 0 Å². The van der Waals surface area contributed by atoms with Crippen LogP contribution in [-0.2, 0) is 0 Å². The van der Waals surface area contributed by atoms with Crippen LogP contribution in [0.3, 0.4) is 0 Å². The minimum atomic E-state index is 0.627. The first-order valence-electron chi connectivity index (χ1n) is 19.1. The Morgan fingerprint density at radius 1 is 0.351 bits per heavy atom. The van der Waals surface area contributed by atoms with Crippen LogP contribution in [0.1, 0.15) is 0 Å². The molecule has 0 bridgehead atoms. The zero-order valence-electron chi connectivity index (χ0n) is 30.8. The summed E-state index contributed by atoms with van der Waals surface area (Å²) >= 11 is 0. The van der Waals surface area contributed by atoms with Gasteiger partial charge in [-0.25, -0.2) is 19.9 Å². The van der Waals surface area contributed by atoms with Gasteiger partial charge in [0.05, 0.1) is 33.6 Å². The molecule has 0 N–H and O–H groups in total. The minimum Gasteiger partial charge on any atom is -0.277 e. The fourth-order valence-corrected chi connectivity index (χ4v) is 8.17. The summed E-state index contributed by atoms with van der Waals surface area (Å²) in [6.07, 6.45) is 0. The molecule has 11 aromatic rings. The Hall–Kier alpha value is -7.76. The summed E-state index contributed by atoms with van der Waals surface area (Å²) in [6.45, 7) is 0. The molecule has 57 heavy (non-hydrogen) atoms. The molecule has 5 nitrogen and oxygen atoms in total. The van der Waals surface area contributed by atoms with Crippen LogP contribution in [0, 0.1) is 0 Å². The molecule has 266 valence electrons. The quantitative estimate of drug-likeness (QED) is 0.171. The molecule has 0 saturated heterocycles. The van der Waals surface area contributed by atoms with E-state index in [2.05, 4.69) is 156 Å². The molecular weight excluding hydrogens is 695 g/mol. The number of rotatable bonds is 6. The molecule has 8 aromatic carbocycles. The monoisotopic (exact) mass is 727 g/mol. The van der Waals surface area contributed by atoms with Gasteiger partial charge >= 0.3 is 0 Å². The van der Waals surface area contributed by atoms with Gasteiger partial charge in [0.2, 0.25) is 5.95 Å². The van der Waals surface area contributed by atoms with Crippen LogP contribution >= 0.6 is 0 Å². The molecule has 11 rings (SSSR count). The van der Waals surface area contributed by atoms with Crippen molar-refractivity contribution >= 4 is 43.5 Å². The number of aromatic nitrogens is 5. The smallest absolute Gasteiger partial charge is 0.235 e. The molecule has 0 fully saturated rings. The number of fused-ring (bicyclic) bond motifs is 5. The van der Waals surface area contributed by atoms with E-state index in [9.17, 15) is 0 Å². The van der Waals surface area contributed by atoms with Gasteiger partial charge in [-0.15, -0.1) is 0 Å². The number of benzene rings is 8. The van der Waals surface area contributed by atoms with Crippen molar-refractivity contribution in [2.45, 2.75) is 0 Å². The lowest BCUT2D eigenvalue weighted by Crippen LogP contribution is -2.04. The van der Waals surface area contributed by atoms with E-state index >= 15 is 0 Å². The molecule has 3 heterocycles. The predicted octanol–water partition coefficient (Wildman–Crippen LogP) is 13.0. The standard InChI is InChI=1S/C52H33N5/c1-4-17-34(18-5-1)45-33-46(54-51(53-45)36-21-8-3-9-22-36)38-24-16-25-39(31-38)48-40-26-11-10-23-37(40)32-43-41-27-13-15-30-47(41)57(50(43)48)52-55-44-29-14-12-28-42(44)49(56-52)35-19-6-2-7-20-35/h1-33H. The third kappa shape index (κ3) is 5.64. The molecule has 3 aromatic heterocycles. The first-order chi connectivity index (χ1) is 28.3. The van der Waals surface area contributed by atoms with Crippen LogP contribution in [0.4, 0.5) is 0 Å². The van der Waals surface area contributed by atoms with Crippen LogP contribution in [0.2, 0.25) is 0 Å². The average molecular weight is 728 g/mol. The average Bonchev–Trinajstić information content (AvgIpc) is 3.62. The largest absolute Gasteiger partial charge is 0.277 e. The van der Waals surface area contributed by atoms with Crippen molar-refractivity contribution in [2.75, 3.05) is 0 Å². The molecule has 0 amide bonds. The highest BCUT2D eigenvalue weighted by Crippen LogP contribution is 2.43. The molecule has 0 spiro atoms. The summed E-state index contributed by atoms with van der Waals surface area (Å²) in [5, 5.41) is 5.61. The molecule has 0 saturated carbocycles. The van der Waals surface area contributed by atoms with E-state index in [1.807, 2.05) is 48.5 Å². The number of hydrogen-bond donors (Lipinski definition) is 0. The Labute approximate surface area is 329 Å². The number of para-hydroxylation sites is 2. The second-order valence-corrected chi connectivity index (χ2v) is 14.3. The molecule has 0 radical (unpaired) electrons. The van der Waals surface area contributed by atoms with Gasteiger partial charge in [0.25, 0.3) is 0 Å². The van der Waals surface area contributed by atoms with E-state index in [1.165, 1.54) is 0 Å². The van der Waals surface area contributed by atoms with Crippen LogP contribution in [0.5, 0.6) is 0 Å². The van der Waals surface area contributed by atoms with Crippen molar-refractivity contribution in [1.29, 1.82) is 0 Å². The van der Waals surface area contributed by atoms with Crippen molar-refractivity contribution in [3.63, 3.8) is 0 Å². The molecule has 0 aliphatic rings. The summed E-state index contributed by atoms with van der Waals surface area (Å²) in [6, 6.07) is 69.7. The summed E-state index contributed by atoms with van der Waals surface area (Å²) in [4.78, 5) is 20.9. The van der Waals surface area contributed by atoms with E-state index in [4.69, 9.17) is 19.9 Å². The zero-order valence-corrected chi connectivity index (χ0v) is 30.8. The Morgan fingerprint density at radius 3 is 1.70 bits per heavy atom. The first-order valence-corrected chi connectivity index (χ1v) is 19.1. The Kier molecular flexibility index (Phi) is 7.74. The van der Waals surface area contributed by atoms with Crippen LogP contribution in [0.15, 0.2) is 200 Å². The van der Waals surface area contributed by atoms with Gasteiger partial charge in [0.15, 0.2) is 5.82 Å². The van der Waals surface area contributed by atoms with Gasteiger partial charge in [-0.3, -0.25) is 4.57 Å². The van der Waals surface area contributed by atoms with E-state index in [0.29, 0.717) is 11.8 Å². The molecule has 0 atom stereocenters. The number of hydrogen-bond acceptors (Lipinski definition) is 4. The minimum absolute atomic E-state index is 0.627. The van der Waals surface area contributed by atoms with E-state index in [1.54, 1.807) is 0 Å². The molecule has 0 aliphatic carbocycles. The molecular formula is C52H33N5. The maximum absolute atomic E-state index is 5.41. The molecule has 0 unspecified atom stereocenters. The van der Waals surface area contributed by atoms with Gasteiger partial charge in [-0.05, 0) is 46.7 Å².